The maximum atomic E-state index is 13.6. The van der Waals surface area contributed by atoms with Crippen molar-refractivity contribution < 1.29 is 28.2 Å². The molecule has 1 aromatic heterocycles. The fourth-order valence-corrected chi connectivity index (χ4v) is 4.16. The van der Waals surface area contributed by atoms with Crippen LogP contribution in [0.5, 0.6) is 5.75 Å². The summed E-state index contributed by atoms with van der Waals surface area (Å²) in [5, 5.41) is 6.96. The zero-order chi connectivity index (χ0) is 26.2. The quantitative estimate of drug-likeness (QED) is 0.243. The highest BCUT2D eigenvalue weighted by Crippen LogP contribution is 2.33. The van der Waals surface area contributed by atoms with Gasteiger partial charge in [0.05, 0.1) is 18.4 Å². The molecule has 10 heteroatoms. The molecule has 0 unspecified atom stereocenters. The van der Waals surface area contributed by atoms with Crippen molar-refractivity contribution in [2.75, 3.05) is 11.9 Å². The van der Waals surface area contributed by atoms with Gasteiger partial charge >= 0.3 is 5.97 Å². The van der Waals surface area contributed by atoms with Crippen LogP contribution in [0.25, 0.3) is 0 Å². The Kier molecular flexibility index (Phi) is 8.91. The molecule has 8 nitrogen and oxygen atoms in total. The molecule has 0 aliphatic rings. The number of rotatable bonds is 9. The second kappa shape index (κ2) is 12.1. The average molecular weight is 512 g/mol. The molecule has 3 aromatic rings. The molecule has 0 fully saturated rings. The predicted molar refractivity (Wildman–Crippen MR) is 136 cm³/mol. The first kappa shape index (κ1) is 26.6. The van der Waals surface area contributed by atoms with Crippen molar-refractivity contribution in [3.05, 3.63) is 81.5 Å². The number of ether oxygens (including phenoxy) is 2. The van der Waals surface area contributed by atoms with Crippen molar-refractivity contribution in [1.82, 2.24) is 5.43 Å². The SMILES string of the molecule is CCOC(=O)c1c(NC(=O)c2ccc(O[C@@H](C)C(=O)N/N=C\c3ccccc3F)cc2)sc(C)c1C. The zero-order valence-electron chi connectivity index (χ0n) is 20.3. The molecule has 188 valence electrons. The molecule has 36 heavy (non-hydrogen) atoms. The van der Waals surface area contributed by atoms with Crippen LogP contribution in [0.2, 0.25) is 0 Å². The first-order valence-corrected chi connectivity index (χ1v) is 12.0. The van der Waals surface area contributed by atoms with E-state index in [0.717, 1.165) is 10.4 Å². The highest BCUT2D eigenvalue weighted by Gasteiger charge is 2.22. The van der Waals surface area contributed by atoms with E-state index >= 15 is 0 Å². The van der Waals surface area contributed by atoms with Crippen LogP contribution in [0, 0.1) is 19.7 Å². The summed E-state index contributed by atoms with van der Waals surface area (Å²) >= 11 is 1.30. The molecule has 0 spiro atoms. The van der Waals surface area contributed by atoms with E-state index in [2.05, 4.69) is 15.8 Å². The monoisotopic (exact) mass is 511 g/mol. The van der Waals surface area contributed by atoms with Crippen LogP contribution in [0.15, 0.2) is 53.6 Å². The summed E-state index contributed by atoms with van der Waals surface area (Å²) in [4.78, 5) is 38.2. The molecule has 0 radical (unpaired) electrons. The molecule has 2 amide bonds. The Hall–Kier alpha value is -4.05. The van der Waals surface area contributed by atoms with Gasteiger partial charge in [-0.05, 0) is 63.6 Å². The van der Waals surface area contributed by atoms with Gasteiger partial charge in [0.1, 0.15) is 16.6 Å². The summed E-state index contributed by atoms with van der Waals surface area (Å²) in [7, 11) is 0. The van der Waals surface area contributed by atoms with Crippen LogP contribution in [0.1, 0.15) is 50.6 Å². The lowest BCUT2D eigenvalue weighted by molar-refractivity contribution is -0.127. The summed E-state index contributed by atoms with van der Waals surface area (Å²) in [6.07, 6.45) is 0.309. The second-order valence-electron chi connectivity index (χ2n) is 7.70. The van der Waals surface area contributed by atoms with Crippen molar-refractivity contribution in [2.24, 2.45) is 5.10 Å². The van der Waals surface area contributed by atoms with E-state index in [-0.39, 0.29) is 12.2 Å². The molecule has 0 bridgehead atoms. The van der Waals surface area contributed by atoms with Crippen molar-refractivity contribution >= 4 is 40.3 Å². The number of benzene rings is 2. The molecule has 3 rings (SSSR count). The van der Waals surface area contributed by atoms with Crippen LogP contribution in [-0.4, -0.2) is 36.7 Å². The number of halogens is 1. The van der Waals surface area contributed by atoms with E-state index < -0.39 is 29.7 Å². The fourth-order valence-electron chi connectivity index (χ4n) is 3.12. The number of thiophene rings is 1. The lowest BCUT2D eigenvalue weighted by Gasteiger charge is -2.13. The maximum absolute atomic E-state index is 13.6. The molecule has 2 aromatic carbocycles. The molecule has 0 saturated carbocycles. The lowest BCUT2D eigenvalue weighted by atomic mass is 10.1. The summed E-state index contributed by atoms with van der Waals surface area (Å²) in [6.45, 7) is 7.16. The Labute approximate surface area is 212 Å². The van der Waals surface area contributed by atoms with Crippen LogP contribution in [0.3, 0.4) is 0 Å². The highest BCUT2D eigenvalue weighted by atomic mass is 32.1. The van der Waals surface area contributed by atoms with Gasteiger partial charge in [-0.2, -0.15) is 5.10 Å². The lowest BCUT2D eigenvalue weighted by Crippen LogP contribution is -2.33. The Morgan fingerprint density at radius 3 is 2.47 bits per heavy atom. The number of esters is 1. The Morgan fingerprint density at radius 2 is 1.81 bits per heavy atom. The molecular formula is C26H26FN3O5S. The first-order chi connectivity index (χ1) is 17.2. The normalized spacial score (nSPS) is 11.7. The number of hydrogen-bond donors (Lipinski definition) is 2. The third-order valence-electron chi connectivity index (χ3n) is 5.17. The Balaban J connectivity index is 1.59. The molecule has 0 aliphatic heterocycles. The Bertz CT molecular complexity index is 1290. The van der Waals surface area contributed by atoms with Crippen molar-refractivity contribution in [3.63, 3.8) is 0 Å². The predicted octanol–water partition coefficient (Wildman–Crippen LogP) is 4.85. The summed E-state index contributed by atoms with van der Waals surface area (Å²) in [6, 6.07) is 12.2. The van der Waals surface area contributed by atoms with Gasteiger partial charge < -0.3 is 14.8 Å². The maximum Gasteiger partial charge on any atom is 0.341 e. The van der Waals surface area contributed by atoms with Gasteiger partial charge in [-0.1, -0.05) is 18.2 Å². The third kappa shape index (κ3) is 6.54. The minimum absolute atomic E-state index is 0.233. The second-order valence-corrected chi connectivity index (χ2v) is 8.93. The van der Waals surface area contributed by atoms with Crippen molar-refractivity contribution in [1.29, 1.82) is 0 Å². The van der Waals surface area contributed by atoms with Crippen molar-refractivity contribution in [2.45, 2.75) is 33.8 Å². The number of aryl methyl sites for hydroxylation is 1. The first-order valence-electron chi connectivity index (χ1n) is 11.1. The van der Waals surface area contributed by atoms with Crippen LogP contribution < -0.4 is 15.5 Å². The van der Waals surface area contributed by atoms with Gasteiger partial charge in [0.2, 0.25) is 0 Å². The van der Waals surface area contributed by atoms with Crippen molar-refractivity contribution in [3.8, 4) is 5.75 Å². The molecule has 1 atom stereocenters. The number of anilines is 1. The molecule has 0 saturated heterocycles. The van der Waals surface area contributed by atoms with Gasteiger partial charge in [0.25, 0.3) is 11.8 Å². The molecule has 1 heterocycles. The molecular weight excluding hydrogens is 485 g/mol. The van der Waals surface area contributed by atoms with E-state index in [1.54, 1.807) is 43.3 Å². The summed E-state index contributed by atoms with van der Waals surface area (Å²) in [5.41, 5.74) is 4.00. The summed E-state index contributed by atoms with van der Waals surface area (Å²) in [5.74, 6) is -1.50. The number of nitrogens with zero attached hydrogens (tertiary/aromatic N) is 1. The zero-order valence-corrected chi connectivity index (χ0v) is 21.1. The minimum atomic E-state index is -0.897. The number of hydrazone groups is 1. The standard InChI is InChI=1S/C26H26FN3O5S/c1-5-34-26(33)22-15(2)17(4)36-25(22)29-24(32)18-10-12-20(13-11-18)35-16(3)23(31)30-28-14-19-8-6-7-9-21(19)27/h6-14,16H,5H2,1-4H3,(H,29,32)(H,30,31)/b28-14-/t16-/m0/s1. The number of nitrogens with one attached hydrogen (secondary N) is 2. The van der Waals surface area contributed by atoms with E-state index in [9.17, 15) is 18.8 Å². The Morgan fingerprint density at radius 1 is 1.11 bits per heavy atom. The molecule has 2 N–H and O–H groups in total. The number of amides is 2. The topological polar surface area (TPSA) is 106 Å². The number of carbonyl (C=O) groups excluding carboxylic acids is 3. The average Bonchev–Trinajstić information content (AvgIpc) is 3.13. The largest absolute Gasteiger partial charge is 0.481 e. The number of carbonyl (C=O) groups is 3. The third-order valence-corrected chi connectivity index (χ3v) is 6.30. The van der Waals surface area contributed by atoms with E-state index in [4.69, 9.17) is 9.47 Å². The van der Waals surface area contributed by atoms with Crippen LogP contribution in [0.4, 0.5) is 9.39 Å². The van der Waals surface area contributed by atoms with Crippen LogP contribution in [-0.2, 0) is 9.53 Å². The van der Waals surface area contributed by atoms with E-state index in [1.807, 2.05) is 13.8 Å². The van der Waals surface area contributed by atoms with E-state index in [0.29, 0.717) is 21.9 Å². The van der Waals surface area contributed by atoms with Gasteiger partial charge in [-0.25, -0.2) is 14.6 Å². The highest BCUT2D eigenvalue weighted by molar-refractivity contribution is 7.16. The van der Waals surface area contributed by atoms with Gasteiger partial charge in [-0.15, -0.1) is 11.3 Å². The summed E-state index contributed by atoms with van der Waals surface area (Å²) < 4.78 is 24.3. The molecule has 0 aliphatic carbocycles. The fraction of sp³-hybridized carbons (Fsp3) is 0.231. The van der Waals surface area contributed by atoms with Gasteiger partial charge in [0.15, 0.2) is 6.10 Å². The van der Waals surface area contributed by atoms with E-state index in [1.165, 1.54) is 36.6 Å². The minimum Gasteiger partial charge on any atom is -0.481 e. The van der Waals surface area contributed by atoms with Crippen LogP contribution >= 0.6 is 11.3 Å². The van der Waals surface area contributed by atoms with Gasteiger partial charge in [0, 0.05) is 16.0 Å². The van der Waals surface area contributed by atoms with Gasteiger partial charge in [-0.3, -0.25) is 9.59 Å². The smallest absolute Gasteiger partial charge is 0.341 e. The number of hydrogen-bond acceptors (Lipinski definition) is 7.